The fraction of sp³-hybridized carbons (Fsp3) is 0.500. The molecule has 8 heteroatoms. The van der Waals surface area contributed by atoms with Gasteiger partial charge in [-0.3, -0.25) is 14.5 Å². The number of urea groups is 1. The molecular weight excluding hydrogens is 386 g/mol. The molecule has 1 saturated heterocycles. The molecular formula is C22H27N3O5. The van der Waals surface area contributed by atoms with Crippen molar-refractivity contribution in [2.24, 2.45) is 0 Å². The van der Waals surface area contributed by atoms with Crippen LogP contribution in [0.4, 0.5) is 4.79 Å². The Balaban J connectivity index is 1.38. The highest BCUT2D eigenvalue weighted by atomic mass is 16.6. The maximum absolute atomic E-state index is 13.0. The van der Waals surface area contributed by atoms with Gasteiger partial charge in [0.25, 0.3) is 5.91 Å². The van der Waals surface area contributed by atoms with Crippen LogP contribution in [-0.4, -0.2) is 49.0 Å². The van der Waals surface area contributed by atoms with Gasteiger partial charge in [-0.15, -0.1) is 0 Å². The lowest BCUT2D eigenvalue weighted by molar-refractivity contribution is -0.134. The molecule has 1 fully saturated rings. The van der Waals surface area contributed by atoms with Gasteiger partial charge < -0.3 is 20.1 Å². The van der Waals surface area contributed by atoms with Crippen molar-refractivity contribution in [2.75, 3.05) is 26.3 Å². The topological polar surface area (TPSA) is 97.0 Å². The number of fused-ring (bicyclic) bond motifs is 1. The SMILES string of the molecule is C[C@@]1(c2ccc3c(c2)OCCO3)NC(=O)N(CC(=O)NCCC2=CCCCC2)C1=O. The molecule has 0 unspecified atom stereocenters. The third-order valence-electron chi connectivity index (χ3n) is 5.85. The van der Waals surface area contributed by atoms with Crippen molar-refractivity contribution in [3.63, 3.8) is 0 Å². The number of allylic oxidation sites excluding steroid dienone is 1. The molecule has 0 aromatic heterocycles. The summed E-state index contributed by atoms with van der Waals surface area (Å²) in [5.41, 5.74) is 0.681. The maximum atomic E-state index is 13.0. The predicted octanol–water partition coefficient (Wildman–Crippen LogP) is 2.23. The van der Waals surface area contributed by atoms with E-state index in [-0.39, 0.29) is 12.5 Å². The highest BCUT2D eigenvalue weighted by molar-refractivity contribution is 6.09. The van der Waals surface area contributed by atoms with Crippen molar-refractivity contribution in [2.45, 2.75) is 44.6 Å². The molecule has 0 spiro atoms. The quantitative estimate of drug-likeness (QED) is 0.551. The zero-order valence-electron chi connectivity index (χ0n) is 17.2. The normalized spacial score (nSPS) is 23.1. The standard InChI is InChI=1S/C22H27N3O5/c1-22(16-7-8-17-18(13-16)30-12-11-29-17)20(27)25(21(28)24-22)14-19(26)23-10-9-15-5-3-2-4-6-15/h5,7-8,13H,2-4,6,9-12,14H2,1H3,(H,23,26)(H,24,28)/t22-/m0/s1. The van der Waals surface area contributed by atoms with Crippen LogP contribution in [0, 0.1) is 0 Å². The number of imide groups is 1. The van der Waals surface area contributed by atoms with Gasteiger partial charge in [0.2, 0.25) is 5.91 Å². The minimum atomic E-state index is -1.26. The predicted molar refractivity (Wildman–Crippen MR) is 109 cm³/mol. The van der Waals surface area contributed by atoms with Crippen LogP contribution in [0.15, 0.2) is 29.8 Å². The first-order chi connectivity index (χ1) is 14.5. The molecule has 4 amide bonds. The molecule has 3 aliphatic rings. The maximum Gasteiger partial charge on any atom is 0.325 e. The van der Waals surface area contributed by atoms with E-state index in [1.807, 2.05) is 0 Å². The van der Waals surface area contributed by atoms with E-state index in [9.17, 15) is 14.4 Å². The van der Waals surface area contributed by atoms with E-state index in [0.29, 0.717) is 36.8 Å². The van der Waals surface area contributed by atoms with Crippen LogP contribution >= 0.6 is 0 Å². The van der Waals surface area contributed by atoms with E-state index < -0.39 is 17.5 Å². The summed E-state index contributed by atoms with van der Waals surface area (Å²) in [5, 5.41) is 5.53. The Morgan fingerprint density at radius 3 is 2.77 bits per heavy atom. The summed E-state index contributed by atoms with van der Waals surface area (Å²) in [6.07, 6.45) is 7.65. The molecule has 160 valence electrons. The van der Waals surface area contributed by atoms with Crippen LogP contribution in [0.2, 0.25) is 0 Å². The van der Waals surface area contributed by atoms with Crippen LogP contribution in [0.1, 0.15) is 44.6 Å². The van der Waals surface area contributed by atoms with Crippen molar-refractivity contribution in [1.29, 1.82) is 0 Å². The second kappa shape index (κ2) is 8.38. The molecule has 1 aromatic rings. The Kier molecular flexibility index (Phi) is 5.65. The lowest BCUT2D eigenvalue weighted by Gasteiger charge is -2.25. The molecule has 2 aliphatic heterocycles. The first-order valence-corrected chi connectivity index (χ1v) is 10.5. The molecule has 0 bridgehead atoms. The van der Waals surface area contributed by atoms with Gasteiger partial charge in [-0.2, -0.15) is 0 Å². The highest BCUT2D eigenvalue weighted by Crippen LogP contribution is 2.36. The average molecular weight is 413 g/mol. The summed E-state index contributed by atoms with van der Waals surface area (Å²) in [5.74, 6) is 0.334. The summed E-state index contributed by atoms with van der Waals surface area (Å²) in [6.45, 7) is 2.74. The molecule has 1 atom stereocenters. The number of nitrogens with zero attached hydrogens (tertiary/aromatic N) is 1. The summed E-state index contributed by atoms with van der Waals surface area (Å²) in [4.78, 5) is 38.8. The van der Waals surface area contributed by atoms with Gasteiger partial charge in [-0.1, -0.05) is 17.7 Å². The summed E-state index contributed by atoms with van der Waals surface area (Å²) < 4.78 is 11.1. The van der Waals surface area contributed by atoms with Crippen molar-refractivity contribution in [1.82, 2.24) is 15.5 Å². The third kappa shape index (κ3) is 3.99. The van der Waals surface area contributed by atoms with Gasteiger partial charge in [-0.25, -0.2) is 4.79 Å². The second-order valence-corrected chi connectivity index (χ2v) is 8.01. The Morgan fingerprint density at radius 1 is 1.20 bits per heavy atom. The molecule has 2 N–H and O–H groups in total. The van der Waals surface area contributed by atoms with Crippen LogP contribution in [0.3, 0.4) is 0 Å². The van der Waals surface area contributed by atoms with Gasteiger partial charge in [0, 0.05) is 6.54 Å². The zero-order chi connectivity index (χ0) is 21.1. The minimum Gasteiger partial charge on any atom is -0.486 e. The monoisotopic (exact) mass is 413 g/mol. The highest BCUT2D eigenvalue weighted by Gasteiger charge is 2.49. The van der Waals surface area contributed by atoms with E-state index in [1.54, 1.807) is 25.1 Å². The van der Waals surface area contributed by atoms with Gasteiger partial charge >= 0.3 is 6.03 Å². The third-order valence-corrected chi connectivity index (χ3v) is 5.85. The number of hydrogen-bond acceptors (Lipinski definition) is 5. The second-order valence-electron chi connectivity index (χ2n) is 8.01. The van der Waals surface area contributed by atoms with Gasteiger partial charge in [-0.05, 0) is 56.7 Å². The Bertz CT molecular complexity index is 897. The number of ether oxygens (including phenoxy) is 2. The van der Waals surface area contributed by atoms with Crippen LogP contribution in [0.25, 0.3) is 0 Å². The van der Waals surface area contributed by atoms with Crippen LogP contribution in [-0.2, 0) is 15.1 Å². The van der Waals surface area contributed by atoms with Crippen molar-refractivity contribution < 1.29 is 23.9 Å². The number of carbonyl (C=O) groups is 3. The largest absolute Gasteiger partial charge is 0.486 e. The average Bonchev–Trinajstić information content (AvgIpc) is 2.98. The van der Waals surface area contributed by atoms with Crippen LogP contribution < -0.4 is 20.1 Å². The van der Waals surface area contributed by atoms with Crippen molar-refractivity contribution in [3.8, 4) is 11.5 Å². The zero-order valence-corrected chi connectivity index (χ0v) is 17.2. The van der Waals surface area contributed by atoms with Gasteiger partial charge in [0.1, 0.15) is 25.3 Å². The first-order valence-electron chi connectivity index (χ1n) is 10.5. The van der Waals surface area contributed by atoms with Crippen molar-refractivity contribution >= 4 is 17.8 Å². The van der Waals surface area contributed by atoms with Crippen LogP contribution in [0.5, 0.6) is 11.5 Å². The summed E-state index contributed by atoms with van der Waals surface area (Å²) in [6, 6.07) is 4.58. The number of rotatable bonds is 6. The number of amides is 4. The number of carbonyl (C=O) groups excluding carboxylic acids is 3. The summed E-state index contributed by atoms with van der Waals surface area (Å²) >= 11 is 0. The molecule has 0 saturated carbocycles. The molecule has 1 aliphatic carbocycles. The van der Waals surface area contributed by atoms with Gasteiger partial charge in [0.15, 0.2) is 11.5 Å². The number of hydrogen-bond donors (Lipinski definition) is 2. The Hall–Kier alpha value is -3.03. The summed E-state index contributed by atoms with van der Waals surface area (Å²) in [7, 11) is 0. The smallest absolute Gasteiger partial charge is 0.325 e. The fourth-order valence-corrected chi connectivity index (χ4v) is 4.08. The Labute approximate surface area is 175 Å². The lowest BCUT2D eigenvalue weighted by Crippen LogP contribution is -2.43. The molecule has 0 radical (unpaired) electrons. The van der Waals surface area contributed by atoms with E-state index in [0.717, 1.165) is 24.2 Å². The first kappa shape index (κ1) is 20.3. The van der Waals surface area contributed by atoms with E-state index in [1.165, 1.54) is 18.4 Å². The molecule has 8 nitrogen and oxygen atoms in total. The van der Waals surface area contributed by atoms with E-state index >= 15 is 0 Å². The van der Waals surface area contributed by atoms with Gasteiger partial charge in [0.05, 0.1) is 0 Å². The molecule has 4 rings (SSSR count). The fourth-order valence-electron chi connectivity index (χ4n) is 4.08. The number of nitrogens with one attached hydrogen (secondary N) is 2. The van der Waals surface area contributed by atoms with E-state index in [4.69, 9.17) is 9.47 Å². The lowest BCUT2D eigenvalue weighted by atomic mass is 9.91. The number of benzene rings is 1. The molecule has 1 aromatic carbocycles. The van der Waals surface area contributed by atoms with E-state index in [2.05, 4.69) is 16.7 Å². The Morgan fingerprint density at radius 2 is 2.00 bits per heavy atom. The van der Waals surface area contributed by atoms with Crippen molar-refractivity contribution in [3.05, 3.63) is 35.4 Å². The molecule has 2 heterocycles. The minimum absolute atomic E-state index is 0.302. The molecule has 30 heavy (non-hydrogen) atoms.